The van der Waals surface area contributed by atoms with Crippen LogP contribution < -0.4 is 0 Å². The zero-order valence-electron chi connectivity index (χ0n) is 9.31. The van der Waals surface area contributed by atoms with Gasteiger partial charge in [-0.15, -0.1) is 0 Å². The fourth-order valence-corrected chi connectivity index (χ4v) is 1.59. The van der Waals surface area contributed by atoms with Crippen molar-refractivity contribution >= 4 is 0 Å². The van der Waals surface area contributed by atoms with Crippen LogP contribution in [0.5, 0.6) is 0 Å². The standard InChI is InChI=1S/C12H5F3N4/c13-12(14,15)9-1-2-10(8(5-9)6-16)19-4-3-18-11(19)7-17/h1-5H. The summed E-state index contributed by atoms with van der Waals surface area (Å²) in [6, 6.07) is 6.23. The molecule has 0 bridgehead atoms. The largest absolute Gasteiger partial charge is 0.416 e. The third-order valence-corrected chi connectivity index (χ3v) is 2.44. The third-order valence-electron chi connectivity index (χ3n) is 2.44. The van der Waals surface area contributed by atoms with Gasteiger partial charge in [0, 0.05) is 12.4 Å². The fourth-order valence-electron chi connectivity index (χ4n) is 1.59. The number of nitriles is 2. The summed E-state index contributed by atoms with van der Waals surface area (Å²) in [6.45, 7) is 0. The van der Waals surface area contributed by atoms with Crippen LogP contribution in [0.4, 0.5) is 13.2 Å². The van der Waals surface area contributed by atoms with Crippen molar-refractivity contribution in [1.82, 2.24) is 9.55 Å². The molecule has 0 amide bonds. The highest BCUT2D eigenvalue weighted by Crippen LogP contribution is 2.31. The van der Waals surface area contributed by atoms with Crippen molar-refractivity contribution in [3.05, 3.63) is 47.5 Å². The highest BCUT2D eigenvalue weighted by Gasteiger charge is 2.31. The van der Waals surface area contributed by atoms with Crippen LogP contribution >= 0.6 is 0 Å². The molecule has 2 aromatic rings. The van der Waals surface area contributed by atoms with Crippen LogP contribution in [0.1, 0.15) is 17.0 Å². The summed E-state index contributed by atoms with van der Waals surface area (Å²) in [6.07, 6.45) is -1.78. The molecule has 0 fully saturated rings. The molecular formula is C12H5F3N4. The quantitative estimate of drug-likeness (QED) is 0.793. The maximum absolute atomic E-state index is 12.5. The van der Waals surface area contributed by atoms with E-state index in [1.54, 1.807) is 12.1 Å². The van der Waals surface area contributed by atoms with E-state index in [0.29, 0.717) is 0 Å². The summed E-state index contributed by atoms with van der Waals surface area (Å²) in [4.78, 5) is 3.73. The van der Waals surface area contributed by atoms with Crippen molar-refractivity contribution in [2.75, 3.05) is 0 Å². The first-order valence-electron chi connectivity index (χ1n) is 5.02. The zero-order chi connectivity index (χ0) is 14.0. The number of halogens is 3. The van der Waals surface area contributed by atoms with Crippen LogP contribution in [0, 0.1) is 22.7 Å². The first-order chi connectivity index (χ1) is 8.97. The molecule has 0 aliphatic heterocycles. The molecule has 94 valence electrons. The molecule has 0 N–H and O–H groups in total. The number of aromatic nitrogens is 2. The number of alkyl halides is 3. The van der Waals surface area contributed by atoms with Gasteiger partial charge in [-0.1, -0.05) is 0 Å². The van der Waals surface area contributed by atoms with Crippen molar-refractivity contribution in [3.63, 3.8) is 0 Å². The summed E-state index contributed by atoms with van der Waals surface area (Å²) in [5, 5.41) is 17.8. The van der Waals surface area contributed by atoms with E-state index in [-0.39, 0.29) is 17.1 Å². The van der Waals surface area contributed by atoms with Gasteiger partial charge in [0.1, 0.15) is 12.1 Å². The topological polar surface area (TPSA) is 65.4 Å². The summed E-state index contributed by atoms with van der Waals surface area (Å²) in [5.74, 6) is -0.00346. The van der Waals surface area contributed by atoms with Gasteiger partial charge in [-0.25, -0.2) is 4.98 Å². The van der Waals surface area contributed by atoms with Crippen molar-refractivity contribution in [3.8, 4) is 17.8 Å². The maximum atomic E-state index is 12.5. The Morgan fingerprint density at radius 1 is 1.16 bits per heavy atom. The minimum atomic E-state index is -4.52. The molecule has 0 spiro atoms. The lowest BCUT2D eigenvalue weighted by molar-refractivity contribution is -0.137. The Balaban J connectivity index is 2.62. The Hall–Kier alpha value is -2.80. The minimum absolute atomic E-state index is 0.00346. The summed E-state index contributed by atoms with van der Waals surface area (Å²) < 4.78 is 38.9. The van der Waals surface area contributed by atoms with E-state index in [0.717, 1.165) is 18.2 Å². The van der Waals surface area contributed by atoms with Crippen molar-refractivity contribution < 1.29 is 13.2 Å². The predicted molar refractivity (Wildman–Crippen MR) is 58.0 cm³/mol. The first kappa shape index (κ1) is 12.7. The molecule has 0 aliphatic rings. The Labute approximate surface area is 106 Å². The highest BCUT2D eigenvalue weighted by atomic mass is 19.4. The number of benzene rings is 1. The molecule has 0 aliphatic carbocycles. The lowest BCUT2D eigenvalue weighted by Gasteiger charge is -2.10. The van der Waals surface area contributed by atoms with Crippen molar-refractivity contribution in [2.45, 2.75) is 6.18 Å². The molecule has 0 saturated heterocycles. The van der Waals surface area contributed by atoms with Crippen LogP contribution in [0.25, 0.3) is 5.69 Å². The Kier molecular flexibility index (Phi) is 2.97. The van der Waals surface area contributed by atoms with Gasteiger partial charge >= 0.3 is 6.18 Å². The van der Waals surface area contributed by atoms with E-state index < -0.39 is 11.7 Å². The van der Waals surface area contributed by atoms with Crippen LogP contribution in [-0.2, 0) is 6.18 Å². The number of hydrogen-bond acceptors (Lipinski definition) is 3. The molecule has 0 unspecified atom stereocenters. The number of rotatable bonds is 1. The van der Waals surface area contributed by atoms with Crippen LogP contribution in [0.2, 0.25) is 0 Å². The number of imidazole rings is 1. The summed E-state index contributed by atoms with van der Waals surface area (Å²) in [7, 11) is 0. The molecule has 0 radical (unpaired) electrons. The van der Waals surface area contributed by atoms with Gasteiger partial charge in [0.15, 0.2) is 0 Å². The summed E-state index contributed by atoms with van der Waals surface area (Å²) >= 11 is 0. The fraction of sp³-hybridized carbons (Fsp3) is 0.0833. The van der Waals surface area contributed by atoms with Crippen LogP contribution in [-0.4, -0.2) is 9.55 Å². The molecule has 4 nitrogen and oxygen atoms in total. The molecule has 19 heavy (non-hydrogen) atoms. The second kappa shape index (κ2) is 4.46. The molecule has 0 atom stereocenters. The lowest BCUT2D eigenvalue weighted by atomic mass is 10.1. The van der Waals surface area contributed by atoms with E-state index in [9.17, 15) is 13.2 Å². The monoisotopic (exact) mass is 262 g/mol. The van der Waals surface area contributed by atoms with Crippen molar-refractivity contribution in [1.29, 1.82) is 10.5 Å². The van der Waals surface area contributed by atoms with E-state index in [1.165, 1.54) is 17.0 Å². The normalized spacial score (nSPS) is 10.8. The number of hydrogen-bond donors (Lipinski definition) is 0. The van der Waals surface area contributed by atoms with Crippen molar-refractivity contribution in [2.24, 2.45) is 0 Å². The predicted octanol–water partition coefficient (Wildman–Crippen LogP) is 2.63. The van der Waals surface area contributed by atoms with Gasteiger partial charge in [-0.2, -0.15) is 23.7 Å². The van der Waals surface area contributed by atoms with Crippen LogP contribution in [0.15, 0.2) is 30.6 Å². The van der Waals surface area contributed by atoms with E-state index in [1.807, 2.05) is 0 Å². The smallest absolute Gasteiger partial charge is 0.290 e. The van der Waals surface area contributed by atoms with Gasteiger partial charge in [-0.05, 0) is 18.2 Å². The molecule has 1 aromatic heterocycles. The second-order valence-corrected chi connectivity index (χ2v) is 3.57. The Bertz CT molecular complexity index is 701. The van der Waals surface area contributed by atoms with Gasteiger partial charge in [0.2, 0.25) is 5.82 Å². The molecular weight excluding hydrogens is 257 g/mol. The molecule has 7 heteroatoms. The number of nitrogens with zero attached hydrogens (tertiary/aromatic N) is 4. The van der Waals surface area contributed by atoms with E-state index in [4.69, 9.17) is 10.5 Å². The second-order valence-electron chi connectivity index (χ2n) is 3.57. The van der Waals surface area contributed by atoms with Gasteiger partial charge < -0.3 is 0 Å². The maximum Gasteiger partial charge on any atom is 0.416 e. The Morgan fingerprint density at radius 2 is 1.89 bits per heavy atom. The van der Waals surface area contributed by atoms with E-state index >= 15 is 0 Å². The van der Waals surface area contributed by atoms with E-state index in [2.05, 4.69) is 4.98 Å². The molecule has 1 heterocycles. The SMILES string of the molecule is N#Cc1cc(C(F)(F)F)ccc1-n1ccnc1C#N. The lowest BCUT2D eigenvalue weighted by Crippen LogP contribution is -2.07. The Morgan fingerprint density at radius 3 is 2.47 bits per heavy atom. The zero-order valence-corrected chi connectivity index (χ0v) is 9.31. The van der Waals surface area contributed by atoms with Gasteiger partial charge in [0.05, 0.1) is 16.8 Å². The van der Waals surface area contributed by atoms with Gasteiger partial charge in [0.25, 0.3) is 0 Å². The summed E-state index contributed by atoms with van der Waals surface area (Å²) in [5.41, 5.74) is -0.903. The van der Waals surface area contributed by atoms with Crippen LogP contribution in [0.3, 0.4) is 0 Å². The first-order valence-corrected chi connectivity index (χ1v) is 5.02. The molecule has 0 saturated carbocycles. The average molecular weight is 262 g/mol. The molecule has 2 rings (SSSR count). The minimum Gasteiger partial charge on any atom is -0.290 e. The highest BCUT2D eigenvalue weighted by molar-refractivity contribution is 5.52. The molecule has 1 aromatic carbocycles. The average Bonchev–Trinajstić information content (AvgIpc) is 2.84. The third kappa shape index (κ3) is 2.26. The van der Waals surface area contributed by atoms with Gasteiger partial charge in [-0.3, -0.25) is 4.57 Å².